The molecule has 16 N–H and O–H groups in total. The summed E-state index contributed by atoms with van der Waals surface area (Å²) in [7, 11) is 0. The number of rotatable bonds is 33. The minimum absolute atomic E-state index is 0.00470. The van der Waals surface area contributed by atoms with E-state index in [-0.39, 0.29) is 56.2 Å². The van der Waals surface area contributed by atoms with Crippen LogP contribution in [0.3, 0.4) is 0 Å². The van der Waals surface area contributed by atoms with Gasteiger partial charge in [-0.25, -0.2) is 0 Å². The Labute approximate surface area is 435 Å². The molecule has 2 aromatic rings. The smallest absolute Gasteiger partial charge is 0.325 e. The van der Waals surface area contributed by atoms with Crippen molar-refractivity contribution in [1.82, 2.24) is 47.9 Å². The van der Waals surface area contributed by atoms with Gasteiger partial charge >= 0.3 is 11.9 Å². The summed E-state index contributed by atoms with van der Waals surface area (Å²) < 4.78 is 0. The molecule has 0 aromatic heterocycles. The highest BCUT2D eigenvalue weighted by atomic mass is 16.4. The summed E-state index contributed by atoms with van der Waals surface area (Å²) in [5.74, 6) is -10.8. The number of nitrogens with one attached hydrogen (secondary N) is 9. The lowest BCUT2D eigenvalue weighted by Gasteiger charge is -2.28. The van der Waals surface area contributed by atoms with E-state index in [1.165, 1.54) is 38.1 Å². The highest BCUT2D eigenvalue weighted by Crippen LogP contribution is 2.14. The molecule has 0 unspecified atom stereocenters. The number of aliphatic carboxylic acids is 2. The monoisotopic (exact) mass is 1050 g/mol. The molecule has 8 atom stereocenters. The first-order valence-corrected chi connectivity index (χ1v) is 24.7. The van der Waals surface area contributed by atoms with Crippen molar-refractivity contribution in [2.45, 2.75) is 141 Å². The molecule has 0 heterocycles. The van der Waals surface area contributed by atoms with E-state index in [0.717, 1.165) is 0 Å². The summed E-state index contributed by atoms with van der Waals surface area (Å²) in [6.45, 7) is 8.77. The van der Waals surface area contributed by atoms with E-state index in [1.807, 2.05) is 0 Å². The number of carbonyl (C=O) groups is 11. The molecule has 0 spiro atoms. The molecule has 0 bridgehead atoms. The fourth-order valence-electron chi connectivity index (χ4n) is 7.35. The first-order chi connectivity index (χ1) is 35.3. The number of hydrogen-bond acceptors (Lipinski definition) is 14. The summed E-state index contributed by atoms with van der Waals surface area (Å²) in [5, 5.41) is 50.9. The zero-order chi connectivity index (χ0) is 56.4. The second kappa shape index (κ2) is 32.5. The average Bonchev–Trinajstić information content (AvgIpc) is 3.34. The van der Waals surface area contributed by atoms with Crippen LogP contribution in [0, 0.1) is 11.8 Å². The maximum atomic E-state index is 14.3. The van der Waals surface area contributed by atoms with Crippen LogP contribution in [0.5, 0.6) is 5.75 Å². The van der Waals surface area contributed by atoms with E-state index in [9.17, 15) is 68.1 Å². The molecule has 0 aliphatic rings. The number of unbranched alkanes of at least 4 members (excludes halogenated alkanes) is 1. The summed E-state index contributed by atoms with van der Waals surface area (Å²) in [6.07, 6.45) is -0.293. The number of benzene rings is 2. The highest BCUT2D eigenvalue weighted by Gasteiger charge is 2.35. The minimum Gasteiger partial charge on any atom is -0.508 e. The first kappa shape index (κ1) is 63.4. The molecule has 414 valence electrons. The minimum atomic E-state index is -1.80. The molecule has 0 radical (unpaired) electrons. The second-order valence-electron chi connectivity index (χ2n) is 18.9. The lowest BCUT2D eigenvalue weighted by atomic mass is 9.99. The van der Waals surface area contributed by atoms with Gasteiger partial charge in [0.15, 0.2) is 0 Å². The van der Waals surface area contributed by atoms with Crippen LogP contribution in [-0.4, -0.2) is 148 Å². The molecule has 0 aliphatic carbocycles. The van der Waals surface area contributed by atoms with E-state index >= 15 is 0 Å². The fourth-order valence-corrected chi connectivity index (χ4v) is 7.35. The van der Waals surface area contributed by atoms with Gasteiger partial charge in [0.2, 0.25) is 53.2 Å². The van der Waals surface area contributed by atoms with Gasteiger partial charge in [0.1, 0.15) is 54.1 Å². The number of nitrogens with two attached hydrogens (primary N) is 2. The second-order valence-corrected chi connectivity index (χ2v) is 18.9. The summed E-state index contributed by atoms with van der Waals surface area (Å²) in [4.78, 5) is 144. The molecular weight excluding hydrogens is 979 g/mol. The standard InChI is InChI=1S/C50H75N11O14/c1-27(2)20-35(46(70)54-29(5)43(67)55-30(6)50(74)75)60-47(71)36(21-28(3)4)59-45(69)34(14-10-11-19-51)58-48(72)38(22-31-12-8-7-9-13-31)61-49(73)39(24-42(65)66)57-41(64)26-53-44(68)37(56-40(63)25-52)23-32-15-17-33(62)18-16-32/h7-9,12-13,15-18,27-30,34-39,62H,10-11,14,19-26,51-52H2,1-6H3,(H,53,68)(H,54,70)(H,55,67)(H,56,63)(H,57,64)(H,58,72)(H,59,69)(H,60,71)(H,61,73)(H,65,66)(H,74,75)/t29-,30-,34-,35-,36-,37-,38-,39-/m0/s1. The Hall–Kier alpha value is -7.67. The van der Waals surface area contributed by atoms with Crippen molar-refractivity contribution in [3.63, 3.8) is 0 Å². The van der Waals surface area contributed by atoms with Crippen molar-refractivity contribution >= 4 is 65.1 Å². The molecule has 75 heavy (non-hydrogen) atoms. The SMILES string of the molecule is CC(C)C[C@H](NC(=O)[C@H](CC(C)C)NC(=O)[C@H](CCCCN)NC(=O)[C@H](Cc1ccccc1)NC(=O)[C@H](CC(=O)O)NC(=O)CNC(=O)[C@H](Cc1ccc(O)cc1)NC(=O)CN)C(=O)N[C@@H](C)C(=O)N[C@@H](C)C(=O)O. The van der Waals surface area contributed by atoms with Gasteiger partial charge in [0, 0.05) is 12.8 Å². The quantitative estimate of drug-likeness (QED) is 0.0342. The lowest BCUT2D eigenvalue weighted by molar-refractivity contribution is -0.142. The Morgan fingerprint density at radius 1 is 0.480 bits per heavy atom. The predicted molar refractivity (Wildman–Crippen MR) is 273 cm³/mol. The molecular formula is C50H75N11O14. The Morgan fingerprint density at radius 3 is 1.45 bits per heavy atom. The first-order valence-electron chi connectivity index (χ1n) is 24.7. The third-order valence-electron chi connectivity index (χ3n) is 11.3. The number of amides is 9. The van der Waals surface area contributed by atoms with E-state index in [1.54, 1.807) is 58.0 Å². The van der Waals surface area contributed by atoms with Crippen molar-refractivity contribution in [3.8, 4) is 5.75 Å². The van der Waals surface area contributed by atoms with E-state index in [2.05, 4.69) is 47.9 Å². The maximum Gasteiger partial charge on any atom is 0.325 e. The number of phenolic OH excluding ortho intramolecular Hbond substituents is 1. The van der Waals surface area contributed by atoms with Crippen LogP contribution >= 0.6 is 0 Å². The largest absolute Gasteiger partial charge is 0.508 e. The predicted octanol–water partition coefficient (Wildman–Crippen LogP) is -2.05. The molecule has 0 aliphatic heterocycles. The van der Waals surface area contributed by atoms with Gasteiger partial charge < -0.3 is 74.6 Å². The number of phenols is 1. The molecule has 0 fully saturated rings. The number of carbonyl (C=O) groups excluding carboxylic acids is 9. The van der Waals surface area contributed by atoms with Gasteiger partial charge in [-0.2, -0.15) is 0 Å². The molecule has 0 saturated carbocycles. The van der Waals surface area contributed by atoms with Crippen molar-refractivity contribution < 1.29 is 68.1 Å². The Kier molecular flexibility index (Phi) is 27.5. The molecule has 2 rings (SSSR count). The van der Waals surface area contributed by atoms with Crippen LogP contribution < -0.4 is 59.3 Å². The zero-order valence-corrected chi connectivity index (χ0v) is 43.2. The Balaban J connectivity index is 2.37. The van der Waals surface area contributed by atoms with Crippen LogP contribution in [0.1, 0.15) is 91.2 Å². The van der Waals surface area contributed by atoms with E-state index in [4.69, 9.17) is 11.5 Å². The van der Waals surface area contributed by atoms with Crippen molar-refractivity contribution in [3.05, 3.63) is 65.7 Å². The van der Waals surface area contributed by atoms with Crippen molar-refractivity contribution in [2.75, 3.05) is 19.6 Å². The van der Waals surface area contributed by atoms with Crippen molar-refractivity contribution in [2.24, 2.45) is 23.3 Å². The van der Waals surface area contributed by atoms with Gasteiger partial charge in [-0.3, -0.25) is 52.7 Å². The number of aromatic hydroxyl groups is 1. The molecule has 2 aromatic carbocycles. The topological polar surface area (TPSA) is 409 Å². The average molecular weight is 1050 g/mol. The summed E-state index contributed by atoms with van der Waals surface area (Å²) >= 11 is 0. The summed E-state index contributed by atoms with van der Waals surface area (Å²) in [5.41, 5.74) is 12.2. The zero-order valence-electron chi connectivity index (χ0n) is 43.2. The fraction of sp³-hybridized carbons (Fsp3) is 0.540. The number of hydrogen-bond donors (Lipinski definition) is 14. The van der Waals surface area contributed by atoms with Gasteiger partial charge in [-0.05, 0) is 87.6 Å². The van der Waals surface area contributed by atoms with Gasteiger partial charge in [-0.1, -0.05) is 70.2 Å². The van der Waals surface area contributed by atoms with Crippen LogP contribution in [0.25, 0.3) is 0 Å². The normalized spacial score (nSPS) is 14.2. The van der Waals surface area contributed by atoms with Crippen LogP contribution in [0.4, 0.5) is 0 Å². The lowest BCUT2D eigenvalue weighted by Crippen LogP contribution is -2.60. The Morgan fingerprint density at radius 2 is 0.933 bits per heavy atom. The van der Waals surface area contributed by atoms with E-state index in [0.29, 0.717) is 24.0 Å². The molecule has 25 heteroatoms. The Bertz CT molecular complexity index is 2270. The highest BCUT2D eigenvalue weighted by molar-refractivity contribution is 5.98. The molecule has 0 saturated heterocycles. The summed E-state index contributed by atoms with van der Waals surface area (Å²) in [6, 6.07) is 3.37. The third kappa shape index (κ3) is 24.3. The number of carboxylic acids is 2. The van der Waals surface area contributed by atoms with Gasteiger partial charge in [0.25, 0.3) is 0 Å². The van der Waals surface area contributed by atoms with E-state index < -0.39 is 133 Å². The van der Waals surface area contributed by atoms with Gasteiger partial charge in [0.05, 0.1) is 19.5 Å². The van der Waals surface area contributed by atoms with Gasteiger partial charge in [-0.15, -0.1) is 0 Å². The van der Waals surface area contributed by atoms with Crippen LogP contribution in [-0.2, 0) is 65.6 Å². The maximum absolute atomic E-state index is 14.3. The molecule has 25 nitrogen and oxygen atoms in total. The third-order valence-corrected chi connectivity index (χ3v) is 11.3. The van der Waals surface area contributed by atoms with Crippen molar-refractivity contribution in [1.29, 1.82) is 0 Å². The molecule has 9 amide bonds. The van der Waals surface area contributed by atoms with Crippen LogP contribution in [0.2, 0.25) is 0 Å². The van der Waals surface area contributed by atoms with Crippen LogP contribution in [0.15, 0.2) is 54.6 Å². The number of carboxylic acid groups (broad SMARTS) is 2.